The van der Waals surface area contributed by atoms with Crippen LogP contribution in [-0.2, 0) is 14.0 Å². The van der Waals surface area contributed by atoms with E-state index in [1.54, 1.807) is 12.4 Å². The van der Waals surface area contributed by atoms with Crippen LogP contribution in [0.2, 0.25) is 0 Å². The molecule has 3 heterocycles. The van der Waals surface area contributed by atoms with Crippen LogP contribution in [0.25, 0.3) is 0 Å². The van der Waals surface area contributed by atoms with Gasteiger partial charge in [-0.1, -0.05) is 0 Å². The molecule has 3 rings (SSSR count). The molecule has 8 nitrogen and oxygen atoms in total. The molecule has 0 aromatic carbocycles. The quantitative estimate of drug-likeness (QED) is 0.678. The van der Waals surface area contributed by atoms with Gasteiger partial charge in [-0.2, -0.15) is 0 Å². The Morgan fingerprint density at radius 2 is 1.81 bits per heavy atom. The number of carbonyl (C=O) groups excluding carboxylic acids is 1. The highest BCUT2D eigenvalue weighted by molar-refractivity contribution is 6.61. The third-order valence-corrected chi connectivity index (χ3v) is 6.23. The van der Waals surface area contributed by atoms with E-state index in [0.29, 0.717) is 18.4 Å². The van der Waals surface area contributed by atoms with Crippen molar-refractivity contribution in [1.29, 1.82) is 0 Å². The minimum absolute atomic E-state index is 0.233. The molecule has 2 aliphatic heterocycles. The third-order valence-electron chi connectivity index (χ3n) is 6.23. The van der Waals surface area contributed by atoms with Crippen LogP contribution in [0.1, 0.15) is 61.3 Å². The van der Waals surface area contributed by atoms with E-state index < -0.39 is 23.9 Å². The van der Waals surface area contributed by atoms with E-state index in [2.05, 4.69) is 9.97 Å². The molecule has 0 radical (unpaired) electrons. The van der Waals surface area contributed by atoms with E-state index in [-0.39, 0.29) is 6.09 Å². The number of ether oxygens (including phenoxy) is 1. The number of hydrogen-bond acceptors (Lipinski definition) is 7. The standard InChI is InChI=1S/C22H37BN4O4/c1-20(2,3)29-19(28)27-11-9-10-16(15-27)14-26(8)18-24-12-17(13-25-18)23-30-21(4,5)22(6,7)31-23/h12-13,16H,9-11,14-15H2,1-8H3/t16-/m1/s1. The molecule has 0 bridgehead atoms. The van der Waals surface area contributed by atoms with Gasteiger partial charge in [0.25, 0.3) is 0 Å². The van der Waals surface area contributed by atoms with Crippen molar-refractivity contribution in [3.8, 4) is 0 Å². The van der Waals surface area contributed by atoms with E-state index in [0.717, 1.165) is 31.4 Å². The number of aromatic nitrogens is 2. The predicted molar refractivity (Wildman–Crippen MR) is 122 cm³/mol. The van der Waals surface area contributed by atoms with Gasteiger partial charge in [0.15, 0.2) is 0 Å². The first-order chi connectivity index (χ1) is 14.3. The van der Waals surface area contributed by atoms with Gasteiger partial charge in [0, 0.05) is 44.5 Å². The lowest BCUT2D eigenvalue weighted by atomic mass is 9.81. The van der Waals surface area contributed by atoms with Gasteiger partial charge in [-0.15, -0.1) is 0 Å². The Labute approximate surface area is 186 Å². The molecular weight excluding hydrogens is 395 g/mol. The van der Waals surface area contributed by atoms with Crippen molar-refractivity contribution in [2.75, 3.05) is 31.6 Å². The van der Waals surface area contributed by atoms with Crippen LogP contribution >= 0.6 is 0 Å². The third kappa shape index (κ3) is 5.69. The maximum atomic E-state index is 12.4. The van der Waals surface area contributed by atoms with Crippen LogP contribution < -0.4 is 10.4 Å². The second-order valence-corrected chi connectivity index (χ2v) is 10.7. The summed E-state index contributed by atoms with van der Waals surface area (Å²) in [6, 6.07) is 0. The lowest BCUT2D eigenvalue weighted by molar-refractivity contribution is 0.00578. The fourth-order valence-corrected chi connectivity index (χ4v) is 3.80. The molecular formula is C22H37BN4O4. The molecule has 1 aromatic heterocycles. The van der Waals surface area contributed by atoms with Crippen LogP contribution in [0, 0.1) is 5.92 Å². The van der Waals surface area contributed by atoms with Crippen LogP contribution in [0.15, 0.2) is 12.4 Å². The van der Waals surface area contributed by atoms with Crippen molar-refractivity contribution in [2.45, 2.75) is 78.1 Å². The molecule has 1 amide bonds. The molecule has 0 N–H and O–H groups in total. The highest BCUT2D eigenvalue weighted by Crippen LogP contribution is 2.36. The second-order valence-electron chi connectivity index (χ2n) is 10.7. The van der Waals surface area contributed by atoms with Gasteiger partial charge >= 0.3 is 13.2 Å². The lowest BCUT2D eigenvalue weighted by Gasteiger charge is -2.35. The van der Waals surface area contributed by atoms with Crippen molar-refractivity contribution >= 4 is 24.6 Å². The molecule has 1 aromatic rings. The summed E-state index contributed by atoms with van der Waals surface area (Å²) in [5.74, 6) is 0.993. The van der Waals surface area contributed by atoms with Crippen molar-refractivity contribution in [1.82, 2.24) is 14.9 Å². The molecule has 0 spiro atoms. The summed E-state index contributed by atoms with van der Waals surface area (Å²) < 4.78 is 17.7. The molecule has 2 saturated heterocycles. The van der Waals surface area contributed by atoms with Gasteiger partial charge < -0.3 is 23.8 Å². The molecule has 0 saturated carbocycles. The number of nitrogens with zero attached hydrogens (tertiary/aromatic N) is 4. The van der Waals surface area contributed by atoms with Gasteiger partial charge in [0.05, 0.1) is 11.2 Å². The van der Waals surface area contributed by atoms with Gasteiger partial charge in [-0.3, -0.25) is 0 Å². The van der Waals surface area contributed by atoms with E-state index >= 15 is 0 Å². The van der Waals surface area contributed by atoms with Crippen molar-refractivity contribution < 1.29 is 18.8 Å². The average molecular weight is 432 g/mol. The molecule has 2 aliphatic rings. The first-order valence-corrected chi connectivity index (χ1v) is 11.1. The van der Waals surface area contributed by atoms with Crippen molar-refractivity contribution in [3.63, 3.8) is 0 Å². The van der Waals surface area contributed by atoms with Gasteiger partial charge in [-0.25, -0.2) is 14.8 Å². The summed E-state index contributed by atoms with van der Waals surface area (Å²) in [6.45, 7) is 16.0. The monoisotopic (exact) mass is 432 g/mol. The summed E-state index contributed by atoms with van der Waals surface area (Å²) in [7, 11) is 1.51. The number of anilines is 1. The van der Waals surface area contributed by atoms with Crippen LogP contribution in [-0.4, -0.2) is 71.6 Å². The van der Waals surface area contributed by atoms with Crippen LogP contribution in [0.3, 0.4) is 0 Å². The maximum absolute atomic E-state index is 12.4. The molecule has 172 valence electrons. The highest BCUT2D eigenvalue weighted by Gasteiger charge is 2.52. The number of rotatable bonds is 4. The number of carbonyl (C=O) groups is 1. The van der Waals surface area contributed by atoms with Crippen LogP contribution in [0.5, 0.6) is 0 Å². The molecule has 0 unspecified atom stereocenters. The maximum Gasteiger partial charge on any atom is 0.498 e. The number of hydrogen-bond donors (Lipinski definition) is 0. The first-order valence-electron chi connectivity index (χ1n) is 11.1. The van der Waals surface area contributed by atoms with Gasteiger partial charge in [0.1, 0.15) is 5.60 Å². The Hall–Kier alpha value is -1.87. The molecule has 0 aliphatic carbocycles. The Bertz CT molecular complexity index is 763. The van der Waals surface area contributed by atoms with Crippen molar-refractivity contribution in [2.24, 2.45) is 5.92 Å². The minimum Gasteiger partial charge on any atom is -0.444 e. The van der Waals surface area contributed by atoms with E-state index in [1.165, 1.54) is 0 Å². The number of piperidine rings is 1. The van der Waals surface area contributed by atoms with Crippen LogP contribution in [0.4, 0.5) is 10.7 Å². The highest BCUT2D eigenvalue weighted by atomic mass is 16.7. The normalized spacial score (nSPS) is 23.0. The first kappa shape index (κ1) is 23.8. The lowest BCUT2D eigenvalue weighted by Crippen LogP contribution is -2.45. The fraction of sp³-hybridized carbons (Fsp3) is 0.773. The zero-order valence-corrected chi connectivity index (χ0v) is 20.3. The number of likely N-dealkylation sites (tertiary alicyclic amines) is 1. The smallest absolute Gasteiger partial charge is 0.444 e. The van der Waals surface area contributed by atoms with Gasteiger partial charge in [-0.05, 0) is 67.2 Å². The molecule has 31 heavy (non-hydrogen) atoms. The Kier molecular flexibility index (Phi) is 6.59. The van der Waals surface area contributed by atoms with E-state index in [4.69, 9.17) is 14.0 Å². The van der Waals surface area contributed by atoms with Gasteiger partial charge in [0.2, 0.25) is 5.95 Å². The zero-order valence-electron chi connectivity index (χ0n) is 20.3. The summed E-state index contributed by atoms with van der Waals surface area (Å²) in [5.41, 5.74) is -0.458. The fourth-order valence-electron chi connectivity index (χ4n) is 3.80. The Morgan fingerprint density at radius 1 is 1.23 bits per heavy atom. The molecule has 1 atom stereocenters. The summed E-state index contributed by atoms with van der Waals surface area (Å²) >= 11 is 0. The second kappa shape index (κ2) is 8.58. The Morgan fingerprint density at radius 3 is 2.35 bits per heavy atom. The summed E-state index contributed by atoms with van der Waals surface area (Å²) in [6.07, 6.45) is 5.35. The number of amides is 1. The zero-order chi connectivity index (χ0) is 23.0. The summed E-state index contributed by atoms with van der Waals surface area (Å²) in [5, 5.41) is 0. The minimum atomic E-state index is -0.479. The van der Waals surface area contributed by atoms with E-state index in [1.807, 2.05) is 65.3 Å². The van der Waals surface area contributed by atoms with E-state index in [9.17, 15) is 4.79 Å². The molecule has 9 heteroatoms. The largest absolute Gasteiger partial charge is 0.498 e. The topological polar surface area (TPSA) is 77.0 Å². The van der Waals surface area contributed by atoms with Crippen molar-refractivity contribution in [3.05, 3.63) is 12.4 Å². The predicted octanol–water partition coefficient (Wildman–Crippen LogP) is 2.86. The Balaban J connectivity index is 1.57. The average Bonchev–Trinajstić information content (AvgIpc) is 2.88. The summed E-state index contributed by atoms with van der Waals surface area (Å²) in [4.78, 5) is 25.3. The molecule has 2 fully saturated rings. The SMILES string of the molecule is CN(C[C@H]1CCCN(C(=O)OC(C)(C)C)C1)c1ncc(B2OC(C)(C)C(C)(C)O2)cn1.